The number of H-pyrrole nitrogens is 1. The van der Waals surface area contributed by atoms with Crippen LogP contribution in [0, 0.1) is 0 Å². The maximum Gasteiger partial charge on any atom is 0.391 e. The molecule has 1 spiro atoms. The number of hydrogen-bond acceptors (Lipinski definition) is 6. The van der Waals surface area contributed by atoms with Crippen LogP contribution in [0.25, 0.3) is 11.0 Å². The standard InChI is InChI=1S/C28H30F3N5O4/c1-39-22-6-2-5-21-24(22)27(9-7-19(8-10-27)40-20-12-17-14-33-34-25(17)32-15-20)26(38)36(21)16-23(37)35-11-3-4-18(35)13-28(29,30)31/h2,5-6,12,14-15,18-19H,3-4,7-11,13,16H2,1H3,(H,32,33,34)/t18-,19?,27?/m1/s1. The Morgan fingerprint density at radius 3 is 2.75 bits per heavy atom. The lowest BCUT2D eigenvalue weighted by Gasteiger charge is -2.37. The van der Waals surface area contributed by atoms with Gasteiger partial charge in [0.1, 0.15) is 18.0 Å². The smallest absolute Gasteiger partial charge is 0.391 e. The lowest BCUT2D eigenvalue weighted by molar-refractivity contribution is -0.151. The van der Waals surface area contributed by atoms with E-state index >= 15 is 0 Å². The molecule has 1 aliphatic carbocycles. The second-order valence-electron chi connectivity index (χ2n) is 10.8. The van der Waals surface area contributed by atoms with Gasteiger partial charge in [-0.3, -0.25) is 14.7 Å². The van der Waals surface area contributed by atoms with E-state index in [4.69, 9.17) is 9.47 Å². The number of rotatable bonds is 6. The molecule has 9 nitrogen and oxygen atoms in total. The highest BCUT2D eigenvalue weighted by Crippen LogP contribution is 2.54. The summed E-state index contributed by atoms with van der Waals surface area (Å²) in [6.07, 6.45) is 0.752. The van der Waals surface area contributed by atoms with Crippen molar-refractivity contribution in [1.82, 2.24) is 20.1 Å². The van der Waals surface area contributed by atoms with E-state index in [1.54, 1.807) is 37.7 Å². The lowest BCUT2D eigenvalue weighted by atomic mass is 9.69. The second-order valence-corrected chi connectivity index (χ2v) is 10.8. The monoisotopic (exact) mass is 557 g/mol. The Balaban J connectivity index is 1.22. The molecule has 4 heterocycles. The Morgan fingerprint density at radius 1 is 1.20 bits per heavy atom. The first-order chi connectivity index (χ1) is 19.2. The van der Waals surface area contributed by atoms with E-state index in [2.05, 4.69) is 15.2 Å². The Hall–Kier alpha value is -3.83. The van der Waals surface area contributed by atoms with E-state index in [0.29, 0.717) is 61.4 Å². The number of alkyl halides is 3. The molecule has 1 saturated carbocycles. The summed E-state index contributed by atoms with van der Waals surface area (Å²) in [6.45, 7) is -0.0401. The van der Waals surface area contributed by atoms with Gasteiger partial charge in [0.05, 0.1) is 43.1 Å². The summed E-state index contributed by atoms with van der Waals surface area (Å²) in [5, 5.41) is 7.63. The maximum absolute atomic E-state index is 14.1. The number of nitrogens with one attached hydrogen (secondary N) is 1. The van der Waals surface area contributed by atoms with Gasteiger partial charge in [-0.2, -0.15) is 18.3 Å². The minimum absolute atomic E-state index is 0.133. The van der Waals surface area contributed by atoms with E-state index < -0.39 is 30.0 Å². The first kappa shape index (κ1) is 26.4. The van der Waals surface area contributed by atoms with Crippen LogP contribution in [0.3, 0.4) is 0 Å². The SMILES string of the molecule is COc1cccc2c1C1(CCC(Oc3cnc4[nH]ncc4c3)CC1)C(=O)N2CC(=O)N1CCC[C@@H]1CC(F)(F)F. The molecule has 1 saturated heterocycles. The van der Waals surface area contributed by atoms with Crippen LogP contribution < -0.4 is 14.4 Å². The van der Waals surface area contributed by atoms with E-state index in [0.717, 1.165) is 10.9 Å². The fraction of sp³-hybridized carbons (Fsp3) is 0.500. The molecule has 6 rings (SSSR count). The maximum atomic E-state index is 14.1. The number of carbonyl (C=O) groups is 2. The molecule has 2 amide bonds. The largest absolute Gasteiger partial charge is 0.496 e. The molecule has 1 aromatic carbocycles. The molecule has 0 unspecified atom stereocenters. The number of hydrogen-bond donors (Lipinski definition) is 1. The van der Waals surface area contributed by atoms with Crippen molar-refractivity contribution in [1.29, 1.82) is 0 Å². The average molecular weight is 558 g/mol. The van der Waals surface area contributed by atoms with Crippen molar-refractivity contribution in [2.24, 2.45) is 0 Å². The number of fused-ring (bicyclic) bond motifs is 3. The predicted octanol–water partition coefficient (Wildman–Crippen LogP) is 4.52. The molecule has 2 aliphatic heterocycles. The van der Waals surface area contributed by atoms with Crippen LogP contribution in [0.4, 0.5) is 18.9 Å². The number of likely N-dealkylation sites (tertiary alicyclic amines) is 1. The van der Waals surface area contributed by atoms with Gasteiger partial charge in [0, 0.05) is 23.5 Å². The average Bonchev–Trinajstić information content (AvgIpc) is 3.64. The number of nitrogens with zero attached hydrogens (tertiary/aromatic N) is 4. The third kappa shape index (κ3) is 4.62. The molecular formula is C28H30F3N5O4. The molecular weight excluding hydrogens is 527 g/mol. The number of ether oxygens (including phenoxy) is 2. The normalized spacial score (nSPS) is 24.6. The number of aromatic nitrogens is 3. The van der Waals surface area contributed by atoms with Crippen LogP contribution in [0.15, 0.2) is 36.7 Å². The Morgan fingerprint density at radius 2 is 2.00 bits per heavy atom. The number of pyridine rings is 1. The van der Waals surface area contributed by atoms with Crippen LogP contribution in [-0.2, 0) is 15.0 Å². The molecule has 2 fully saturated rings. The molecule has 12 heteroatoms. The number of amides is 2. The highest BCUT2D eigenvalue weighted by atomic mass is 19.4. The first-order valence-electron chi connectivity index (χ1n) is 13.5. The minimum atomic E-state index is -4.36. The van der Waals surface area contributed by atoms with Gasteiger partial charge in [0.25, 0.3) is 0 Å². The zero-order valence-electron chi connectivity index (χ0n) is 22.0. The fourth-order valence-corrected chi connectivity index (χ4v) is 6.64. The van der Waals surface area contributed by atoms with Crippen molar-refractivity contribution in [2.75, 3.05) is 25.1 Å². The summed E-state index contributed by atoms with van der Waals surface area (Å²) < 4.78 is 51.2. The molecule has 3 aliphatic rings. The van der Waals surface area contributed by atoms with Gasteiger partial charge in [-0.15, -0.1) is 0 Å². The summed E-state index contributed by atoms with van der Waals surface area (Å²) in [5.41, 5.74) is 1.09. The summed E-state index contributed by atoms with van der Waals surface area (Å²) in [5.74, 6) is 0.500. The van der Waals surface area contributed by atoms with E-state index in [1.165, 1.54) is 9.80 Å². The number of benzene rings is 1. The van der Waals surface area contributed by atoms with Crippen molar-refractivity contribution in [3.05, 3.63) is 42.2 Å². The van der Waals surface area contributed by atoms with Crippen LogP contribution >= 0.6 is 0 Å². The van der Waals surface area contributed by atoms with Crippen molar-refractivity contribution >= 4 is 28.5 Å². The van der Waals surface area contributed by atoms with Crippen LogP contribution in [-0.4, -0.2) is 70.4 Å². The van der Waals surface area contributed by atoms with E-state index in [1.807, 2.05) is 6.07 Å². The highest BCUT2D eigenvalue weighted by Gasteiger charge is 2.55. The summed E-state index contributed by atoms with van der Waals surface area (Å²) in [7, 11) is 1.54. The third-order valence-electron chi connectivity index (χ3n) is 8.46. The molecule has 0 radical (unpaired) electrons. The minimum Gasteiger partial charge on any atom is -0.496 e. The molecule has 1 atom stereocenters. The van der Waals surface area contributed by atoms with Gasteiger partial charge in [0.2, 0.25) is 11.8 Å². The number of methoxy groups -OCH3 is 1. The number of carbonyl (C=O) groups excluding carboxylic acids is 2. The first-order valence-corrected chi connectivity index (χ1v) is 13.5. The van der Waals surface area contributed by atoms with Gasteiger partial charge in [0.15, 0.2) is 5.65 Å². The number of aromatic amines is 1. The Kier molecular flexibility index (Phi) is 6.58. The molecule has 3 aromatic rings. The molecule has 2 aromatic heterocycles. The quantitative estimate of drug-likeness (QED) is 0.479. The van der Waals surface area contributed by atoms with Gasteiger partial charge in [-0.05, 0) is 56.7 Å². The van der Waals surface area contributed by atoms with E-state index in [9.17, 15) is 22.8 Å². The van der Waals surface area contributed by atoms with Crippen molar-refractivity contribution in [2.45, 2.75) is 68.7 Å². The number of anilines is 1. The third-order valence-corrected chi connectivity index (χ3v) is 8.46. The van der Waals surface area contributed by atoms with Gasteiger partial charge in [-0.25, -0.2) is 4.98 Å². The fourth-order valence-electron chi connectivity index (χ4n) is 6.64. The predicted molar refractivity (Wildman–Crippen MR) is 139 cm³/mol. The molecule has 0 bridgehead atoms. The summed E-state index contributed by atoms with van der Waals surface area (Å²) >= 11 is 0. The van der Waals surface area contributed by atoms with Crippen LogP contribution in [0.2, 0.25) is 0 Å². The lowest BCUT2D eigenvalue weighted by Crippen LogP contribution is -2.49. The highest BCUT2D eigenvalue weighted by molar-refractivity contribution is 6.11. The van der Waals surface area contributed by atoms with Gasteiger partial charge < -0.3 is 19.3 Å². The van der Waals surface area contributed by atoms with Gasteiger partial charge in [-0.1, -0.05) is 6.07 Å². The summed E-state index contributed by atoms with van der Waals surface area (Å²) in [4.78, 5) is 34.5. The topological polar surface area (TPSA) is 101 Å². The zero-order valence-corrected chi connectivity index (χ0v) is 22.0. The summed E-state index contributed by atoms with van der Waals surface area (Å²) in [6, 6.07) is 6.31. The molecule has 40 heavy (non-hydrogen) atoms. The zero-order chi connectivity index (χ0) is 28.1. The second kappa shape index (κ2) is 9.97. The Labute approximate surface area is 228 Å². The van der Waals surface area contributed by atoms with Gasteiger partial charge >= 0.3 is 6.18 Å². The molecule has 212 valence electrons. The van der Waals surface area contributed by atoms with Crippen molar-refractivity contribution < 1.29 is 32.2 Å². The van der Waals surface area contributed by atoms with Crippen molar-refractivity contribution in [3.8, 4) is 11.5 Å². The van der Waals surface area contributed by atoms with Crippen LogP contribution in [0.1, 0.15) is 50.5 Å². The molecule has 1 N–H and O–H groups in total. The number of halogens is 3. The Bertz CT molecular complexity index is 1430. The van der Waals surface area contributed by atoms with Crippen molar-refractivity contribution in [3.63, 3.8) is 0 Å². The van der Waals surface area contributed by atoms with E-state index in [-0.39, 0.29) is 25.1 Å². The van der Waals surface area contributed by atoms with Crippen LogP contribution in [0.5, 0.6) is 11.5 Å².